The first-order chi connectivity index (χ1) is 14.4. The molecule has 0 unspecified atom stereocenters. The van der Waals surface area contributed by atoms with E-state index in [2.05, 4.69) is 6.92 Å². The molecule has 0 heterocycles. The number of carboxylic acids is 1. The topological polar surface area (TPSA) is 85.2 Å². The molecule has 0 saturated heterocycles. The van der Waals surface area contributed by atoms with Crippen molar-refractivity contribution in [2.75, 3.05) is 19.8 Å². The minimum Gasteiger partial charge on any atom is -0.506 e. The maximum absolute atomic E-state index is 11.3. The predicted molar refractivity (Wildman–Crippen MR) is 116 cm³/mol. The SMILES string of the molecule is CCCCOc1cc(C=C(OCC)C(=O)O)ccc1OCCc1ccc(O)c(Cl)c1. The molecule has 0 aromatic heterocycles. The van der Waals surface area contributed by atoms with E-state index in [-0.39, 0.29) is 18.1 Å². The Labute approximate surface area is 181 Å². The highest BCUT2D eigenvalue weighted by atomic mass is 35.5. The number of carboxylic acid groups (broad SMARTS) is 1. The Kier molecular flexibility index (Phi) is 9.35. The lowest BCUT2D eigenvalue weighted by Gasteiger charge is -2.14. The van der Waals surface area contributed by atoms with Gasteiger partial charge in [0, 0.05) is 6.42 Å². The summed E-state index contributed by atoms with van der Waals surface area (Å²) >= 11 is 5.94. The molecule has 162 valence electrons. The third-order valence-electron chi connectivity index (χ3n) is 4.19. The van der Waals surface area contributed by atoms with Gasteiger partial charge in [-0.3, -0.25) is 0 Å². The number of phenolic OH excluding ortho intramolecular Hbond substituents is 1. The number of carbonyl (C=O) groups is 1. The Hall–Kier alpha value is -2.86. The van der Waals surface area contributed by atoms with Gasteiger partial charge in [0.15, 0.2) is 11.5 Å². The Morgan fingerprint density at radius 1 is 1.07 bits per heavy atom. The van der Waals surface area contributed by atoms with Gasteiger partial charge >= 0.3 is 5.97 Å². The van der Waals surface area contributed by atoms with Gasteiger partial charge in [-0.15, -0.1) is 0 Å². The number of aliphatic carboxylic acids is 1. The van der Waals surface area contributed by atoms with E-state index in [1.54, 1.807) is 43.3 Å². The van der Waals surface area contributed by atoms with Gasteiger partial charge in [-0.2, -0.15) is 0 Å². The monoisotopic (exact) mass is 434 g/mol. The summed E-state index contributed by atoms with van der Waals surface area (Å²) in [4.78, 5) is 11.3. The van der Waals surface area contributed by atoms with Gasteiger partial charge in [-0.05, 0) is 54.8 Å². The molecule has 0 amide bonds. The largest absolute Gasteiger partial charge is 0.506 e. The first-order valence-corrected chi connectivity index (χ1v) is 10.3. The molecule has 0 atom stereocenters. The van der Waals surface area contributed by atoms with Gasteiger partial charge in [0.05, 0.1) is 24.8 Å². The van der Waals surface area contributed by atoms with E-state index in [1.807, 2.05) is 0 Å². The van der Waals surface area contributed by atoms with Crippen molar-refractivity contribution in [1.29, 1.82) is 0 Å². The van der Waals surface area contributed by atoms with E-state index >= 15 is 0 Å². The number of ether oxygens (including phenoxy) is 3. The highest BCUT2D eigenvalue weighted by Gasteiger charge is 2.11. The Bertz CT molecular complexity index is 878. The van der Waals surface area contributed by atoms with Gasteiger partial charge in [-0.25, -0.2) is 4.79 Å². The minimum absolute atomic E-state index is 0.0457. The Morgan fingerprint density at radius 2 is 1.83 bits per heavy atom. The van der Waals surface area contributed by atoms with Crippen molar-refractivity contribution in [3.63, 3.8) is 0 Å². The lowest BCUT2D eigenvalue weighted by molar-refractivity contribution is -0.136. The van der Waals surface area contributed by atoms with Gasteiger partial charge < -0.3 is 24.4 Å². The van der Waals surface area contributed by atoms with Crippen molar-refractivity contribution >= 4 is 23.6 Å². The van der Waals surface area contributed by atoms with Crippen LogP contribution in [0, 0.1) is 0 Å². The summed E-state index contributed by atoms with van der Waals surface area (Å²) in [5, 5.41) is 19.1. The van der Waals surface area contributed by atoms with Crippen LogP contribution in [0.5, 0.6) is 17.2 Å². The number of unbranched alkanes of at least 4 members (excludes halogenated alkanes) is 1. The number of hydrogen-bond donors (Lipinski definition) is 2. The number of aromatic hydroxyl groups is 1. The molecule has 2 aromatic carbocycles. The third kappa shape index (κ3) is 7.19. The highest BCUT2D eigenvalue weighted by Crippen LogP contribution is 2.30. The molecule has 0 aliphatic carbocycles. The average molecular weight is 435 g/mol. The molecule has 0 fully saturated rings. The van der Waals surface area contributed by atoms with Crippen LogP contribution in [0.4, 0.5) is 0 Å². The number of rotatable bonds is 12. The second-order valence-corrected chi connectivity index (χ2v) is 6.95. The molecule has 30 heavy (non-hydrogen) atoms. The van der Waals surface area contributed by atoms with Crippen LogP contribution < -0.4 is 9.47 Å². The van der Waals surface area contributed by atoms with Crippen molar-refractivity contribution < 1.29 is 29.2 Å². The first-order valence-electron chi connectivity index (χ1n) is 9.89. The van der Waals surface area contributed by atoms with Gasteiger partial charge in [-0.1, -0.05) is 37.1 Å². The second kappa shape index (κ2) is 12.0. The molecule has 0 bridgehead atoms. The van der Waals surface area contributed by atoms with E-state index in [4.69, 9.17) is 25.8 Å². The van der Waals surface area contributed by atoms with Gasteiger partial charge in [0.1, 0.15) is 5.75 Å². The maximum Gasteiger partial charge on any atom is 0.371 e. The van der Waals surface area contributed by atoms with Crippen molar-refractivity contribution in [2.24, 2.45) is 0 Å². The van der Waals surface area contributed by atoms with E-state index < -0.39 is 5.97 Å². The predicted octanol–water partition coefficient (Wildman–Crippen LogP) is 5.31. The smallest absolute Gasteiger partial charge is 0.371 e. The van der Waals surface area contributed by atoms with Crippen molar-refractivity contribution in [2.45, 2.75) is 33.1 Å². The molecule has 0 aliphatic heterocycles. The molecule has 0 radical (unpaired) electrons. The molecule has 0 aliphatic rings. The van der Waals surface area contributed by atoms with E-state index in [9.17, 15) is 15.0 Å². The summed E-state index contributed by atoms with van der Waals surface area (Å²) in [5.41, 5.74) is 1.58. The van der Waals surface area contributed by atoms with Crippen LogP contribution in [0.15, 0.2) is 42.2 Å². The zero-order valence-electron chi connectivity index (χ0n) is 17.2. The summed E-state index contributed by atoms with van der Waals surface area (Å²) in [7, 11) is 0. The first kappa shape index (κ1) is 23.4. The van der Waals surface area contributed by atoms with Gasteiger partial charge in [0.25, 0.3) is 0 Å². The van der Waals surface area contributed by atoms with Crippen LogP contribution in [0.25, 0.3) is 6.08 Å². The van der Waals surface area contributed by atoms with Crippen LogP contribution >= 0.6 is 11.6 Å². The normalized spacial score (nSPS) is 11.2. The fraction of sp³-hybridized carbons (Fsp3) is 0.348. The minimum atomic E-state index is -1.13. The zero-order valence-corrected chi connectivity index (χ0v) is 17.9. The molecule has 2 N–H and O–H groups in total. The molecule has 2 aromatic rings. The van der Waals surface area contributed by atoms with Crippen LogP contribution in [-0.2, 0) is 16.0 Å². The van der Waals surface area contributed by atoms with E-state index in [0.717, 1.165) is 18.4 Å². The summed E-state index contributed by atoms with van der Waals surface area (Å²) in [6, 6.07) is 10.3. The molecule has 7 heteroatoms. The fourth-order valence-electron chi connectivity index (χ4n) is 2.63. The maximum atomic E-state index is 11.3. The molecular formula is C23H27ClO6. The van der Waals surface area contributed by atoms with Crippen molar-refractivity contribution in [3.05, 3.63) is 58.3 Å². The van der Waals surface area contributed by atoms with Crippen molar-refractivity contribution in [1.82, 2.24) is 0 Å². The molecular weight excluding hydrogens is 408 g/mol. The Balaban J connectivity index is 2.15. The van der Waals surface area contributed by atoms with Crippen LogP contribution in [0.1, 0.15) is 37.8 Å². The summed E-state index contributed by atoms with van der Waals surface area (Å²) < 4.78 is 16.9. The third-order valence-corrected chi connectivity index (χ3v) is 4.49. The highest BCUT2D eigenvalue weighted by molar-refractivity contribution is 6.32. The summed E-state index contributed by atoms with van der Waals surface area (Å²) in [5.74, 6) is -0.0963. The van der Waals surface area contributed by atoms with Crippen LogP contribution in [0.2, 0.25) is 5.02 Å². The van der Waals surface area contributed by atoms with E-state index in [0.29, 0.717) is 41.7 Å². The fourth-order valence-corrected chi connectivity index (χ4v) is 2.83. The molecule has 6 nitrogen and oxygen atoms in total. The van der Waals surface area contributed by atoms with Crippen molar-refractivity contribution in [3.8, 4) is 17.2 Å². The van der Waals surface area contributed by atoms with Gasteiger partial charge in [0.2, 0.25) is 5.76 Å². The standard InChI is InChI=1S/C23H27ClO6/c1-3-5-11-29-21-14-17(15-22(23(26)27)28-4-2)7-9-20(21)30-12-10-16-6-8-19(25)18(24)13-16/h6-9,13-15,25H,3-5,10-12H2,1-2H3,(H,26,27). The van der Waals surface area contributed by atoms with Crippen LogP contribution in [0.3, 0.4) is 0 Å². The lowest BCUT2D eigenvalue weighted by Crippen LogP contribution is -2.06. The summed E-state index contributed by atoms with van der Waals surface area (Å²) in [6.07, 6.45) is 3.94. The summed E-state index contributed by atoms with van der Waals surface area (Å²) in [6.45, 7) is 4.99. The Morgan fingerprint density at radius 3 is 2.50 bits per heavy atom. The number of phenols is 1. The quantitative estimate of drug-likeness (QED) is 0.267. The number of halogens is 1. The second-order valence-electron chi connectivity index (χ2n) is 6.54. The number of hydrogen-bond acceptors (Lipinski definition) is 5. The van der Waals surface area contributed by atoms with E-state index in [1.165, 1.54) is 6.08 Å². The molecule has 2 rings (SSSR count). The molecule has 0 saturated carbocycles. The molecule has 0 spiro atoms. The van der Waals surface area contributed by atoms with Crippen LogP contribution in [-0.4, -0.2) is 36.0 Å². The zero-order chi connectivity index (χ0) is 21.9. The lowest BCUT2D eigenvalue weighted by atomic mass is 10.1. The average Bonchev–Trinajstić information content (AvgIpc) is 2.72. The number of benzene rings is 2.